The maximum absolute atomic E-state index is 4.97. The minimum Gasteiger partial charge on any atom is -0.252 e. The molecule has 2 nitrogen and oxygen atoms in total. The predicted octanol–water partition coefficient (Wildman–Crippen LogP) is 6.71. The molecule has 0 spiro atoms. The van der Waals surface area contributed by atoms with Crippen LogP contribution in [-0.4, -0.2) is 9.97 Å². The fraction of sp³-hybridized carbons (Fsp3) is 0.120. The van der Waals surface area contributed by atoms with Crippen molar-refractivity contribution in [1.29, 1.82) is 0 Å². The first-order valence-corrected chi connectivity index (χ1v) is 10.4. The predicted molar refractivity (Wildman–Crippen MR) is 126 cm³/mol. The van der Waals surface area contributed by atoms with Crippen LogP contribution in [0.15, 0.2) is 94.7 Å². The van der Waals surface area contributed by atoms with Crippen molar-refractivity contribution in [2.45, 2.75) is 29.1 Å². The Labute approximate surface area is 182 Å². The highest BCUT2D eigenvalue weighted by atomic mass is 32.1. The van der Waals surface area contributed by atoms with Crippen LogP contribution < -0.4 is 0 Å². The first-order chi connectivity index (χ1) is 14.0. The van der Waals surface area contributed by atoms with Crippen LogP contribution in [0.25, 0.3) is 22.5 Å². The lowest BCUT2D eigenvalue weighted by atomic mass is 9.84. The summed E-state index contributed by atoms with van der Waals surface area (Å²) < 4.78 is 0. The van der Waals surface area contributed by atoms with Crippen LogP contribution in [-0.2, 0) is 5.41 Å². The van der Waals surface area contributed by atoms with E-state index in [-0.39, 0.29) is 5.41 Å². The molecule has 4 aromatic rings. The van der Waals surface area contributed by atoms with Crippen LogP contribution in [0.2, 0.25) is 0 Å². The van der Waals surface area contributed by atoms with Crippen molar-refractivity contribution >= 4 is 25.3 Å². The monoisotopic (exact) mass is 414 g/mol. The fourth-order valence-electron chi connectivity index (χ4n) is 3.38. The number of thiol groups is 2. The average molecular weight is 415 g/mol. The zero-order chi connectivity index (χ0) is 20.4. The minimum absolute atomic E-state index is 0.358. The van der Waals surface area contributed by atoms with Crippen molar-refractivity contribution in [1.82, 2.24) is 9.97 Å². The van der Waals surface area contributed by atoms with Gasteiger partial charge in [0.2, 0.25) is 0 Å². The van der Waals surface area contributed by atoms with Crippen LogP contribution in [0.1, 0.15) is 25.2 Å². The summed E-state index contributed by atoms with van der Waals surface area (Å²) in [5, 5.41) is 0. The molecular formula is C25H22N2S2. The van der Waals surface area contributed by atoms with Gasteiger partial charge in [-0.05, 0) is 50.2 Å². The largest absolute Gasteiger partial charge is 0.252 e. The molecule has 0 saturated heterocycles. The van der Waals surface area contributed by atoms with Crippen LogP contribution in [0.4, 0.5) is 0 Å². The SMILES string of the molecule is CC(C)(c1cccc(-c2ccccc2S)n1)c1cccc(-c2ccccc2S)n1. The smallest absolute Gasteiger partial charge is 0.0716 e. The molecule has 0 bridgehead atoms. The Kier molecular flexibility index (Phi) is 5.48. The normalized spacial score (nSPS) is 11.4. The molecule has 4 heteroatoms. The van der Waals surface area contributed by atoms with E-state index in [1.807, 2.05) is 72.8 Å². The Morgan fingerprint density at radius 3 is 1.38 bits per heavy atom. The Balaban J connectivity index is 1.77. The average Bonchev–Trinajstić information content (AvgIpc) is 2.74. The van der Waals surface area contributed by atoms with Crippen LogP contribution in [0.5, 0.6) is 0 Å². The molecule has 29 heavy (non-hydrogen) atoms. The van der Waals surface area contributed by atoms with E-state index in [1.54, 1.807) is 0 Å². The standard InChI is InChI=1S/C25H22N2S2/c1-25(2,23-15-7-11-19(26-23)17-9-3-5-13-21(17)28)24-16-8-12-20(27-24)18-10-4-6-14-22(18)29/h3-16,28-29H,1-2H3. The molecule has 0 N–H and O–H groups in total. The molecule has 0 aliphatic carbocycles. The van der Waals surface area contributed by atoms with Crippen molar-refractivity contribution in [3.8, 4) is 22.5 Å². The number of nitrogens with zero attached hydrogens (tertiary/aromatic N) is 2. The van der Waals surface area contributed by atoms with Gasteiger partial charge in [-0.25, -0.2) is 0 Å². The Hall–Kier alpha value is -2.56. The second-order valence-electron chi connectivity index (χ2n) is 7.48. The van der Waals surface area contributed by atoms with Crippen molar-refractivity contribution in [2.24, 2.45) is 0 Å². The summed E-state index contributed by atoms with van der Waals surface area (Å²) in [4.78, 5) is 11.8. The van der Waals surface area contributed by atoms with E-state index in [1.165, 1.54) is 0 Å². The third-order valence-corrected chi connectivity index (χ3v) is 5.92. The lowest BCUT2D eigenvalue weighted by Crippen LogP contribution is -2.22. The molecule has 0 aliphatic rings. The van der Waals surface area contributed by atoms with Crippen molar-refractivity contribution in [3.63, 3.8) is 0 Å². The Bertz CT molecular complexity index is 1080. The zero-order valence-electron chi connectivity index (χ0n) is 16.4. The summed E-state index contributed by atoms with van der Waals surface area (Å²) in [5.74, 6) is 0. The van der Waals surface area contributed by atoms with Gasteiger partial charge in [-0.2, -0.15) is 0 Å². The lowest BCUT2D eigenvalue weighted by Gasteiger charge is -2.25. The minimum atomic E-state index is -0.358. The van der Waals surface area contributed by atoms with Gasteiger partial charge in [-0.15, -0.1) is 25.3 Å². The second-order valence-corrected chi connectivity index (χ2v) is 8.44. The molecule has 2 heterocycles. The van der Waals surface area contributed by atoms with E-state index in [0.717, 1.165) is 43.7 Å². The summed E-state index contributed by atoms with van der Waals surface area (Å²) in [6.45, 7) is 4.31. The summed E-state index contributed by atoms with van der Waals surface area (Å²) in [6.07, 6.45) is 0. The number of benzene rings is 2. The molecule has 2 aromatic heterocycles. The highest BCUT2D eigenvalue weighted by Gasteiger charge is 2.27. The van der Waals surface area contributed by atoms with Crippen molar-refractivity contribution in [2.75, 3.05) is 0 Å². The van der Waals surface area contributed by atoms with Gasteiger partial charge in [0.25, 0.3) is 0 Å². The first-order valence-electron chi connectivity index (χ1n) is 9.48. The van der Waals surface area contributed by atoms with Crippen LogP contribution in [0.3, 0.4) is 0 Å². The lowest BCUT2D eigenvalue weighted by molar-refractivity contribution is 0.596. The number of aromatic nitrogens is 2. The maximum atomic E-state index is 4.97. The number of rotatable bonds is 4. The van der Waals surface area contributed by atoms with Gasteiger partial charge in [-0.1, -0.05) is 48.5 Å². The summed E-state index contributed by atoms with van der Waals surface area (Å²) >= 11 is 9.18. The van der Waals surface area contributed by atoms with Crippen LogP contribution in [0, 0.1) is 0 Å². The Morgan fingerprint density at radius 1 is 0.552 bits per heavy atom. The molecule has 2 aromatic carbocycles. The summed E-state index contributed by atoms with van der Waals surface area (Å²) in [6, 6.07) is 28.3. The quantitative estimate of drug-likeness (QED) is 0.363. The molecule has 0 atom stereocenters. The third-order valence-electron chi connectivity index (χ3n) is 5.14. The summed E-state index contributed by atoms with van der Waals surface area (Å²) in [5.41, 5.74) is 5.46. The number of hydrogen-bond donors (Lipinski definition) is 2. The molecular weight excluding hydrogens is 392 g/mol. The molecule has 4 rings (SSSR count). The molecule has 0 amide bonds. The van der Waals surface area contributed by atoms with E-state index >= 15 is 0 Å². The zero-order valence-corrected chi connectivity index (χ0v) is 18.2. The van der Waals surface area contributed by atoms with Gasteiger partial charge in [0.05, 0.1) is 22.8 Å². The number of hydrogen-bond acceptors (Lipinski definition) is 4. The molecule has 0 unspecified atom stereocenters. The van der Waals surface area contributed by atoms with Gasteiger partial charge in [-0.3, -0.25) is 9.97 Å². The second kappa shape index (κ2) is 8.05. The van der Waals surface area contributed by atoms with Gasteiger partial charge >= 0.3 is 0 Å². The fourth-order valence-corrected chi connectivity index (χ4v) is 3.93. The third kappa shape index (κ3) is 3.96. The molecule has 0 aliphatic heterocycles. The Morgan fingerprint density at radius 2 is 0.966 bits per heavy atom. The van der Waals surface area contributed by atoms with E-state index in [2.05, 4.69) is 51.2 Å². The summed E-state index contributed by atoms with van der Waals surface area (Å²) in [7, 11) is 0. The molecule has 0 radical (unpaired) electrons. The highest BCUT2D eigenvalue weighted by molar-refractivity contribution is 7.80. The van der Waals surface area contributed by atoms with E-state index in [0.29, 0.717) is 0 Å². The molecule has 0 saturated carbocycles. The van der Waals surface area contributed by atoms with Crippen molar-refractivity contribution < 1.29 is 0 Å². The van der Waals surface area contributed by atoms with E-state index < -0.39 is 0 Å². The van der Waals surface area contributed by atoms with E-state index in [4.69, 9.17) is 9.97 Å². The van der Waals surface area contributed by atoms with Gasteiger partial charge in [0.15, 0.2) is 0 Å². The molecule has 144 valence electrons. The van der Waals surface area contributed by atoms with E-state index in [9.17, 15) is 0 Å². The first kappa shape index (κ1) is 19.7. The maximum Gasteiger partial charge on any atom is 0.0716 e. The van der Waals surface area contributed by atoms with Gasteiger partial charge in [0, 0.05) is 26.3 Å². The highest BCUT2D eigenvalue weighted by Crippen LogP contribution is 2.33. The molecule has 0 fully saturated rings. The van der Waals surface area contributed by atoms with Crippen molar-refractivity contribution in [3.05, 3.63) is 96.3 Å². The van der Waals surface area contributed by atoms with Crippen LogP contribution >= 0.6 is 25.3 Å². The number of pyridine rings is 2. The van der Waals surface area contributed by atoms with Gasteiger partial charge < -0.3 is 0 Å². The van der Waals surface area contributed by atoms with Gasteiger partial charge in [0.1, 0.15) is 0 Å². The topological polar surface area (TPSA) is 25.8 Å².